The summed E-state index contributed by atoms with van der Waals surface area (Å²) in [6.07, 6.45) is 6.88. The highest BCUT2D eigenvalue weighted by Gasteiger charge is 2.48. The first-order valence-electron chi connectivity index (χ1n) is 47.7. The lowest BCUT2D eigenvalue weighted by atomic mass is 9.64. The number of benzene rings is 7. The molecule has 6 aliphatic heterocycles. The number of amides is 2. The van der Waals surface area contributed by atoms with Crippen LogP contribution in [0.4, 0.5) is 4.79 Å². The van der Waals surface area contributed by atoms with Gasteiger partial charge in [-0.3, -0.25) is 62.3 Å². The van der Waals surface area contributed by atoms with Gasteiger partial charge in [-0.1, -0.05) is 91.0 Å². The number of nitrogens with one attached hydrogen (secondary N) is 4. The topological polar surface area (TPSA) is 585 Å². The van der Waals surface area contributed by atoms with E-state index in [1.54, 1.807) is 110 Å². The van der Waals surface area contributed by atoms with Gasteiger partial charge >= 0.3 is 48.8 Å². The fourth-order valence-corrected chi connectivity index (χ4v) is 18.6. The maximum absolute atomic E-state index is 12.2. The van der Waals surface area contributed by atoms with Gasteiger partial charge in [0.1, 0.15) is 57.6 Å². The molecule has 145 heavy (non-hydrogen) atoms. The molecule has 1 saturated carbocycles. The lowest BCUT2D eigenvalue weighted by Crippen LogP contribution is -2.37. The number of methoxy groups -OCH3 is 1. The van der Waals surface area contributed by atoms with E-state index in [9.17, 15) is 119 Å². The number of aliphatic hydroxyl groups is 1. The summed E-state index contributed by atoms with van der Waals surface area (Å²) in [6.45, 7) is 10.2. The number of nitrogens with zero attached hydrogens (tertiary/aromatic N) is 1. The van der Waals surface area contributed by atoms with Crippen LogP contribution >= 0.6 is 0 Å². The van der Waals surface area contributed by atoms with Gasteiger partial charge in [0.05, 0.1) is 83.2 Å². The monoisotopic (exact) mass is 2030 g/mol. The average molecular weight is 2030 g/mol. The number of nitriles is 1. The third-order valence-corrected chi connectivity index (χ3v) is 27.5. The van der Waals surface area contributed by atoms with Crippen LogP contribution in [0.15, 0.2) is 140 Å². The van der Waals surface area contributed by atoms with Crippen molar-refractivity contribution in [3.05, 3.63) is 212 Å². The highest BCUT2D eigenvalue weighted by Crippen LogP contribution is 2.50. The quantitative estimate of drug-likeness (QED) is 0.00975. The molecular weight excluding hydrogens is 1910 g/mol. The van der Waals surface area contributed by atoms with E-state index in [2.05, 4.69) is 30.9 Å². The zero-order valence-corrected chi connectivity index (χ0v) is 84.2. The second kappa shape index (κ2) is 54.1. The number of hydrogen-bond acceptors (Lipinski definition) is 33. The fourth-order valence-electron chi connectivity index (χ4n) is 17.3. The van der Waals surface area contributed by atoms with E-state index in [0.717, 1.165) is 52.5 Å². The van der Waals surface area contributed by atoms with Crippen molar-refractivity contribution in [3.8, 4) is 40.6 Å². The van der Waals surface area contributed by atoms with E-state index in [1.165, 1.54) is 55.7 Å². The number of carbonyl (C=O) groups is 14. The van der Waals surface area contributed by atoms with Crippen molar-refractivity contribution in [1.29, 1.82) is 5.26 Å². The average Bonchev–Trinajstić information content (AvgIpc) is 1.78. The molecule has 7 aromatic rings. The molecule has 1 fully saturated rings. The van der Waals surface area contributed by atoms with Gasteiger partial charge in [0.2, 0.25) is 20.0 Å². The summed E-state index contributed by atoms with van der Waals surface area (Å²) in [5.41, 5.74) is 7.44. The summed E-state index contributed by atoms with van der Waals surface area (Å²) < 4.78 is 86.5. The molecule has 0 aromatic heterocycles. The van der Waals surface area contributed by atoms with E-state index >= 15 is 0 Å². The van der Waals surface area contributed by atoms with E-state index < -0.39 is 97.8 Å². The zero-order chi connectivity index (χ0) is 106. The predicted molar refractivity (Wildman–Crippen MR) is 539 cm³/mol. The van der Waals surface area contributed by atoms with Crippen LogP contribution in [-0.2, 0) is 92.1 Å². The Hall–Kier alpha value is -12.5. The Bertz CT molecular complexity index is 6200. The van der Waals surface area contributed by atoms with Crippen LogP contribution in [0, 0.1) is 16.7 Å². The Morgan fingerprint density at radius 2 is 0.697 bits per heavy atom. The second-order valence-corrected chi connectivity index (χ2v) is 41.0. The van der Waals surface area contributed by atoms with E-state index in [0.29, 0.717) is 131 Å². The van der Waals surface area contributed by atoms with Gasteiger partial charge in [-0.2, -0.15) is 5.26 Å². The third-order valence-electron chi connectivity index (χ3n) is 25.3. The highest BCUT2D eigenvalue weighted by molar-refractivity contribution is 7.89. The van der Waals surface area contributed by atoms with Gasteiger partial charge in [-0.15, -0.1) is 0 Å². The standard InChI is InChI=1S/C20H20BNO5.C17H18BNO4.2C16H22BNO6S.C16H21BO5.C15H18BNO6/c1-13(23)18-9-5-8-15-10-16(21(26)27-19(15)18)11-17(24)12-22-20(25)14-6-3-2-4-7-14;1-11(20)15-4-2-3-12-7-13(18(22)23-16(12)15)8-14(21)9-17(10-19)5-6-17;1-11(19)15-7-3-5-12-9-13(17(21)24-16(12)15)10-14(20)6-4-8-18-25(2,22)23;1-11(19)15-7-3-5-12-9-13(17(21)24-16(12)15)10-14(20)6-4-8-25(22,23)18-2;1-10(18)6-7-14(20)9-13-8-12-4-3-5-15(11(2)19)16(12)22-17(13)21;1-9(18)13-5-3-4-10-6-11(16(21)23-14(10)13)7-12(19)8-17-15(20)22-2/h2-9,16,26H,10-12H2,1H3,(H,22,25);2-4,13,22H,5-9H2,1H3;2*3,5,7,13,18,21H,4,6,8-10H2,1-2H3;3-5,10,13,18,21H,6-9H2,1-2H3;3-5,11,21H,6-8H2,1-2H3,(H,17,20)/t16-;3*13-;10?,13-;11-/m111111/s1. The van der Waals surface area contributed by atoms with E-state index in [-0.39, 0.29) is 182 Å². The number of ketones is 12. The molecule has 37 nitrogen and oxygen atoms in total. The molecule has 0 radical (unpaired) electrons. The minimum atomic E-state index is -3.32. The molecular formula is C100H121B6N5O32S2. The van der Waals surface area contributed by atoms with Crippen molar-refractivity contribution in [3.63, 3.8) is 0 Å². The summed E-state index contributed by atoms with van der Waals surface area (Å²) in [4.78, 5) is 165. The molecule has 14 rings (SSSR count). The minimum Gasteiger partial charge on any atom is -0.535 e. The minimum absolute atomic E-state index is 0.000257. The van der Waals surface area contributed by atoms with E-state index in [1.807, 2.05) is 36.4 Å². The number of ether oxygens (including phenoxy) is 1. The molecule has 7 atom stereocenters. The van der Waals surface area contributed by atoms with Gasteiger partial charge in [0.15, 0.2) is 46.3 Å². The van der Waals surface area contributed by atoms with Crippen molar-refractivity contribution in [2.45, 2.75) is 224 Å². The number of rotatable bonds is 38. The molecule has 1 unspecified atom stereocenters. The highest BCUT2D eigenvalue weighted by atomic mass is 32.2. The molecule has 0 saturated heterocycles. The second-order valence-electron chi connectivity index (χ2n) is 37.1. The van der Waals surface area contributed by atoms with Crippen LogP contribution in [0.1, 0.15) is 251 Å². The third kappa shape index (κ3) is 34.9. The number of aliphatic hydroxyl groups excluding tert-OH is 1. The molecule has 45 heteroatoms. The normalized spacial score (nSPS) is 17.4. The largest absolute Gasteiger partial charge is 0.535 e. The molecule has 6 heterocycles. The van der Waals surface area contributed by atoms with Crippen molar-refractivity contribution in [2.75, 3.05) is 45.8 Å². The molecule has 0 bridgehead atoms. The van der Waals surface area contributed by atoms with Crippen LogP contribution in [-0.4, -0.2) is 228 Å². The van der Waals surface area contributed by atoms with Crippen LogP contribution in [0.25, 0.3) is 0 Å². The Morgan fingerprint density at radius 1 is 0.414 bits per heavy atom. The van der Waals surface area contributed by atoms with Gasteiger partial charge in [0, 0.05) is 111 Å². The maximum Gasteiger partial charge on any atom is 0.526 e. The van der Waals surface area contributed by atoms with Crippen LogP contribution in [0.3, 0.4) is 0 Å². The molecule has 2 amide bonds. The Kier molecular flexibility index (Phi) is 43.3. The zero-order valence-electron chi connectivity index (χ0n) is 82.6. The van der Waals surface area contributed by atoms with Crippen LogP contribution < -0.4 is 48.0 Å². The summed E-state index contributed by atoms with van der Waals surface area (Å²) in [6, 6.07) is 42.3. The van der Waals surface area contributed by atoms with Crippen molar-refractivity contribution < 1.29 is 152 Å². The molecule has 7 aliphatic rings. The van der Waals surface area contributed by atoms with Gasteiger partial charge in [0.25, 0.3) is 5.91 Å². The lowest BCUT2D eigenvalue weighted by molar-refractivity contribution is -0.120. The Balaban J connectivity index is 0.000000194. The Morgan fingerprint density at radius 3 is 0.966 bits per heavy atom. The van der Waals surface area contributed by atoms with Gasteiger partial charge in [-0.25, -0.2) is 31.1 Å². The maximum atomic E-state index is 12.2. The van der Waals surface area contributed by atoms with Crippen molar-refractivity contribution in [2.24, 2.45) is 5.41 Å². The molecule has 0 spiro atoms. The smallest absolute Gasteiger partial charge is 0.526 e. The summed E-state index contributed by atoms with van der Waals surface area (Å²) in [7, 11) is -10.9. The Labute approximate surface area is 844 Å². The van der Waals surface area contributed by atoms with Crippen LogP contribution in [0.5, 0.6) is 34.5 Å². The van der Waals surface area contributed by atoms with Crippen molar-refractivity contribution >= 4 is 144 Å². The molecule has 768 valence electrons. The molecule has 11 N–H and O–H groups in total. The lowest BCUT2D eigenvalue weighted by Gasteiger charge is -2.28. The summed E-state index contributed by atoms with van der Waals surface area (Å²) in [5.74, 6) is -1.81. The molecule has 1 aliphatic carbocycles. The van der Waals surface area contributed by atoms with Gasteiger partial charge in [-0.05, 0) is 208 Å². The summed E-state index contributed by atoms with van der Waals surface area (Å²) in [5, 5.41) is 84.2. The number of para-hydroxylation sites is 6. The number of Topliss-reactive ketones (excluding diaryl/α,β-unsaturated/α-hetero) is 12. The van der Waals surface area contributed by atoms with Crippen molar-refractivity contribution in [1.82, 2.24) is 20.1 Å². The van der Waals surface area contributed by atoms with Crippen LogP contribution in [0.2, 0.25) is 34.9 Å². The fraction of sp³-hybridized carbons (Fsp3) is 0.430. The first-order chi connectivity index (χ1) is 68.6. The van der Waals surface area contributed by atoms with Gasteiger partial charge < -0.3 is 78.5 Å². The number of sulfonamides is 2. The number of fused-ring (bicyclic) bond motifs is 6. The number of carbonyl (C=O) groups excluding carboxylic acids is 14. The number of hydrogen-bond donors (Lipinski definition) is 11. The van der Waals surface area contributed by atoms with E-state index in [4.69, 9.17) is 33.2 Å². The molecule has 7 aromatic carbocycles. The predicted octanol–water partition coefficient (Wildman–Crippen LogP) is 9.10. The number of alkyl carbamates (subject to hydrolysis) is 1. The SMILES string of the molecule is CC(=O)c1cccc2c1OB(O)[C@@H](CC(=O)CC1(C#N)CC1)C2.CC(=O)c1cccc2c1OB(O)[C@@H](CC(=O)CCC(C)O)C2.CC(=O)c1cccc2c1OB(O)[C@@H](CC(=O)CCCNS(C)(=O)=O)C2.CC(=O)c1cccc2c1OB(O)[C@@H](CC(=O)CNC(=O)c1ccccc1)C2.CNS(=O)(=O)CCCC(=O)C[C@H]1Cc2cccc(C(C)=O)c2OB1O.COC(=O)NCC(=O)C[C@H]1Cc2cccc(C(C)=O)c2OB1O. The summed E-state index contributed by atoms with van der Waals surface area (Å²) >= 11 is 0. The first-order valence-corrected chi connectivity index (χ1v) is 51.2. The first kappa shape index (κ1) is 116.